The maximum atomic E-state index is 2.40. The van der Waals surface area contributed by atoms with E-state index >= 15 is 0 Å². The van der Waals surface area contributed by atoms with E-state index in [1.54, 1.807) is 0 Å². The zero-order valence-electron chi connectivity index (χ0n) is 30.4. The van der Waals surface area contributed by atoms with Gasteiger partial charge in [-0.3, -0.25) is 0 Å². The highest BCUT2D eigenvalue weighted by Gasteiger charge is 2.17. The van der Waals surface area contributed by atoms with Crippen LogP contribution in [0.1, 0.15) is 19.3 Å². The Balaban J connectivity index is 0.000000113. The van der Waals surface area contributed by atoms with Crippen LogP contribution in [0.5, 0.6) is 0 Å². The molecular weight excluding hydrogens is 661 g/mol. The molecule has 1 aliphatic rings. The summed E-state index contributed by atoms with van der Waals surface area (Å²) in [4.78, 5) is 0. The lowest BCUT2D eigenvalue weighted by Crippen LogP contribution is -1.90. The van der Waals surface area contributed by atoms with E-state index in [0.29, 0.717) is 0 Å². The lowest BCUT2D eigenvalue weighted by atomic mass is 9.85. The fraction of sp³-hybridized carbons (Fsp3) is 0.0545. The molecule has 0 aromatic heterocycles. The second kappa shape index (κ2) is 11.9. The van der Waals surface area contributed by atoms with Gasteiger partial charge in [0, 0.05) is 0 Å². The normalized spacial score (nSPS) is 12.9. The zero-order chi connectivity index (χ0) is 36.0. The van der Waals surface area contributed by atoms with E-state index in [-0.39, 0.29) is 0 Å². The molecule has 0 spiro atoms. The van der Waals surface area contributed by atoms with Crippen molar-refractivity contribution in [1.82, 2.24) is 0 Å². The first-order chi connectivity index (χ1) is 27.3. The molecule has 0 nitrogen and oxygen atoms in total. The Labute approximate surface area is 318 Å². The molecule has 0 radical (unpaired) electrons. The second-order valence-corrected chi connectivity index (χ2v) is 15.4. The fourth-order valence-electron chi connectivity index (χ4n) is 9.51. The van der Waals surface area contributed by atoms with Crippen LogP contribution in [-0.2, 0) is 0 Å². The maximum absolute atomic E-state index is 2.40. The summed E-state index contributed by atoms with van der Waals surface area (Å²) >= 11 is 0. The minimum absolute atomic E-state index is 1.29. The lowest BCUT2D eigenvalue weighted by molar-refractivity contribution is 1.50. The first kappa shape index (κ1) is 30.7. The Hall–Kier alpha value is -6.76. The molecule has 1 saturated carbocycles. The monoisotopic (exact) mass is 696 g/mol. The van der Waals surface area contributed by atoms with E-state index in [0.717, 1.165) is 0 Å². The maximum Gasteiger partial charge on any atom is -0.00137 e. The number of hydrogen-bond donors (Lipinski definition) is 0. The summed E-state index contributed by atoms with van der Waals surface area (Å²) in [7, 11) is 0. The molecule has 0 bridgehead atoms. The minimum Gasteiger partial charge on any atom is -0.0616 e. The Morgan fingerprint density at radius 2 is 0.618 bits per heavy atom. The van der Waals surface area contributed by atoms with Gasteiger partial charge in [-0.25, -0.2) is 0 Å². The van der Waals surface area contributed by atoms with Gasteiger partial charge in [0.25, 0.3) is 0 Å². The van der Waals surface area contributed by atoms with E-state index in [1.165, 1.54) is 138 Å². The quantitative estimate of drug-likeness (QED) is 0.118. The molecule has 0 amide bonds. The molecule has 0 saturated heterocycles. The molecular formula is C55H36. The molecule has 1 fully saturated rings. The van der Waals surface area contributed by atoms with Crippen molar-refractivity contribution in [1.29, 1.82) is 0 Å². The molecule has 13 aromatic rings. The number of fused-ring (bicyclic) bond motifs is 3. The molecule has 0 heteroatoms. The zero-order valence-corrected chi connectivity index (χ0v) is 30.4. The predicted octanol–water partition coefficient (Wildman–Crippen LogP) is 16.1. The van der Waals surface area contributed by atoms with Gasteiger partial charge in [0.2, 0.25) is 0 Å². The van der Waals surface area contributed by atoms with Gasteiger partial charge in [0.15, 0.2) is 0 Å². The van der Waals surface area contributed by atoms with Crippen molar-refractivity contribution in [3.63, 3.8) is 0 Å². The average molecular weight is 697 g/mol. The van der Waals surface area contributed by atoms with Gasteiger partial charge in [-0.05, 0) is 125 Å². The Bertz CT molecular complexity index is 3530. The predicted molar refractivity (Wildman–Crippen MR) is 241 cm³/mol. The van der Waals surface area contributed by atoms with Crippen LogP contribution in [0.4, 0.5) is 0 Å². The van der Waals surface area contributed by atoms with Gasteiger partial charge in [0.05, 0.1) is 0 Å². The lowest BCUT2D eigenvalue weighted by Gasteiger charge is -2.18. The van der Waals surface area contributed by atoms with E-state index in [4.69, 9.17) is 0 Å². The van der Waals surface area contributed by atoms with Crippen molar-refractivity contribution in [3.8, 4) is 11.1 Å². The minimum atomic E-state index is 1.29. The van der Waals surface area contributed by atoms with Crippen LogP contribution in [0.3, 0.4) is 0 Å². The molecule has 0 heterocycles. The molecule has 0 unspecified atom stereocenters. The van der Waals surface area contributed by atoms with Gasteiger partial charge in [-0.1, -0.05) is 195 Å². The van der Waals surface area contributed by atoms with E-state index in [1.807, 2.05) is 0 Å². The van der Waals surface area contributed by atoms with Crippen LogP contribution in [0.15, 0.2) is 182 Å². The molecule has 0 N–H and O–H groups in total. The SMILES string of the molecule is C1CC1.c1cc2ccc3ccc4c5cccc6cccc(c7cc(c1)c2c3c47)c65.c1ccc2c(-c3ccc4ccc5cccc6ccc3c4c56)cccc2c1. The second-order valence-electron chi connectivity index (χ2n) is 15.4. The van der Waals surface area contributed by atoms with Crippen molar-refractivity contribution in [2.24, 2.45) is 0 Å². The Morgan fingerprint density at radius 1 is 0.200 bits per heavy atom. The third kappa shape index (κ3) is 4.65. The van der Waals surface area contributed by atoms with Crippen molar-refractivity contribution in [2.75, 3.05) is 0 Å². The molecule has 13 aromatic carbocycles. The third-order valence-corrected chi connectivity index (χ3v) is 12.1. The highest BCUT2D eigenvalue weighted by molar-refractivity contribution is 6.40. The summed E-state index contributed by atoms with van der Waals surface area (Å²) in [5.41, 5.74) is 2.62. The van der Waals surface area contributed by atoms with Crippen LogP contribution in [0, 0.1) is 0 Å². The smallest absolute Gasteiger partial charge is 0.00137 e. The third-order valence-electron chi connectivity index (χ3n) is 12.1. The topological polar surface area (TPSA) is 0 Å². The van der Waals surface area contributed by atoms with Crippen LogP contribution >= 0.6 is 0 Å². The Morgan fingerprint density at radius 3 is 1.33 bits per heavy atom. The van der Waals surface area contributed by atoms with E-state index in [2.05, 4.69) is 182 Å². The van der Waals surface area contributed by atoms with Crippen LogP contribution in [0.25, 0.3) is 119 Å². The molecule has 55 heavy (non-hydrogen) atoms. The van der Waals surface area contributed by atoms with E-state index < -0.39 is 0 Å². The van der Waals surface area contributed by atoms with Crippen molar-refractivity contribution < 1.29 is 0 Å². The average Bonchev–Trinajstić information content (AvgIpc) is 4.15. The highest BCUT2D eigenvalue weighted by Crippen LogP contribution is 2.46. The summed E-state index contributed by atoms with van der Waals surface area (Å²) in [5.74, 6) is 0. The molecule has 0 aliphatic heterocycles. The Kier molecular flexibility index (Phi) is 6.62. The van der Waals surface area contributed by atoms with E-state index in [9.17, 15) is 0 Å². The van der Waals surface area contributed by atoms with Crippen LogP contribution in [0.2, 0.25) is 0 Å². The molecule has 14 rings (SSSR count). The highest BCUT2D eigenvalue weighted by atomic mass is 14.2. The van der Waals surface area contributed by atoms with Crippen molar-refractivity contribution in [3.05, 3.63) is 182 Å². The largest absolute Gasteiger partial charge is 0.0616 e. The first-order valence-corrected chi connectivity index (χ1v) is 19.7. The fourth-order valence-corrected chi connectivity index (χ4v) is 9.51. The van der Waals surface area contributed by atoms with Gasteiger partial charge < -0.3 is 0 Å². The van der Waals surface area contributed by atoms with Crippen LogP contribution < -0.4 is 0 Å². The van der Waals surface area contributed by atoms with Crippen molar-refractivity contribution >= 4 is 108 Å². The summed E-state index contributed by atoms with van der Waals surface area (Å²) < 4.78 is 0. The van der Waals surface area contributed by atoms with Gasteiger partial charge in [0.1, 0.15) is 0 Å². The van der Waals surface area contributed by atoms with Gasteiger partial charge in [-0.15, -0.1) is 0 Å². The summed E-state index contributed by atoms with van der Waals surface area (Å²) in [6, 6.07) is 67.0. The number of benzene rings is 13. The summed E-state index contributed by atoms with van der Waals surface area (Å²) in [5, 5.41) is 27.1. The van der Waals surface area contributed by atoms with Gasteiger partial charge in [-0.2, -0.15) is 0 Å². The first-order valence-electron chi connectivity index (χ1n) is 19.7. The van der Waals surface area contributed by atoms with Crippen LogP contribution in [-0.4, -0.2) is 0 Å². The molecule has 256 valence electrons. The van der Waals surface area contributed by atoms with Gasteiger partial charge >= 0.3 is 0 Å². The summed E-state index contributed by atoms with van der Waals surface area (Å²) in [6.07, 6.45) is 4.50. The standard InChI is InChI=1S/C26H14.C26H16.C3H6/c1-4-16-10-11-17-12-13-21-19-8-2-5-15-6-3-9-20(24(15)19)22-14-18(7-1)23(16)25(17)26(21)22;1-2-9-21-17(5-1)6-4-10-22(21)23-15-13-20-12-11-18-7-3-8-19-14-16-24(23)26(20)25(18)19;1-2-3-1/h1-14H;1-16H;1-3H2. The number of rotatable bonds is 1. The summed E-state index contributed by atoms with van der Waals surface area (Å²) in [6.45, 7) is 0. The van der Waals surface area contributed by atoms with Crippen molar-refractivity contribution in [2.45, 2.75) is 19.3 Å². The number of hydrogen-bond acceptors (Lipinski definition) is 0. The molecule has 1 aliphatic carbocycles. The molecule has 0 atom stereocenters.